The van der Waals surface area contributed by atoms with Gasteiger partial charge in [-0.05, 0) is 46.0 Å². The van der Waals surface area contributed by atoms with Crippen LogP contribution in [-0.2, 0) is 0 Å². The van der Waals surface area contributed by atoms with Gasteiger partial charge < -0.3 is 10.0 Å². The molecule has 0 heterocycles. The van der Waals surface area contributed by atoms with Crippen LogP contribution in [0.4, 0.5) is 4.39 Å². The molecule has 64 valence electrons. The zero-order valence-corrected chi connectivity index (χ0v) is 7.97. The van der Waals surface area contributed by atoms with E-state index in [-0.39, 0.29) is 4.47 Å². The van der Waals surface area contributed by atoms with Gasteiger partial charge in [-0.3, -0.25) is 0 Å². The standard InChI is InChI=1S/C7H7BBrFO2/c1-4-2-7(10)6(9)3-5(4)8(11)12/h2-3,11-12H,1H3. The Morgan fingerprint density at radius 3 is 2.50 bits per heavy atom. The molecule has 0 unspecified atom stereocenters. The van der Waals surface area contributed by atoms with Gasteiger partial charge in [0.25, 0.3) is 0 Å². The summed E-state index contributed by atoms with van der Waals surface area (Å²) in [4.78, 5) is 0. The van der Waals surface area contributed by atoms with Gasteiger partial charge in [0.2, 0.25) is 0 Å². The fourth-order valence-corrected chi connectivity index (χ4v) is 1.30. The van der Waals surface area contributed by atoms with Crippen molar-refractivity contribution in [1.29, 1.82) is 0 Å². The molecule has 0 amide bonds. The topological polar surface area (TPSA) is 40.5 Å². The van der Waals surface area contributed by atoms with Crippen molar-refractivity contribution in [2.45, 2.75) is 6.92 Å². The molecule has 0 spiro atoms. The number of benzene rings is 1. The molecule has 0 aromatic heterocycles. The summed E-state index contributed by atoms with van der Waals surface area (Å²) in [6.07, 6.45) is 0. The molecule has 2 N–H and O–H groups in total. The Kier molecular flexibility index (Phi) is 2.87. The minimum atomic E-state index is -1.55. The quantitative estimate of drug-likeness (QED) is 0.696. The molecule has 0 aliphatic rings. The summed E-state index contributed by atoms with van der Waals surface area (Å²) in [6.45, 7) is 1.62. The summed E-state index contributed by atoms with van der Waals surface area (Å²) in [5, 5.41) is 17.7. The van der Waals surface area contributed by atoms with Crippen LogP contribution in [0.15, 0.2) is 16.6 Å². The molecule has 0 bridgehead atoms. The van der Waals surface area contributed by atoms with E-state index in [1.807, 2.05) is 0 Å². The van der Waals surface area contributed by atoms with E-state index in [0.717, 1.165) is 0 Å². The van der Waals surface area contributed by atoms with Crippen LogP contribution in [0.2, 0.25) is 0 Å². The average Bonchev–Trinajstić information content (AvgIpc) is 1.96. The second-order valence-corrected chi connectivity index (χ2v) is 3.35. The maximum Gasteiger partial charge on any atom is 0.488 e. The molecule has 0 radical (unpaired) electrons. The summed E-state index contributed by atoms with van der Waals surface area (Å²) >= 11 is 2.95. The van der Waals surface area contributed by atoms with Crippen molar-refractivity contribution in [2.24, 2.45) is 0 Å². The molecular weight excluding hydrogens is 226 g/mol. The van der Waals surface area contributed by atoms with Crippen LogP contribution < -0.4 is 5.46 Å². The third-order valence-electron chi connectivity index (χ3n) is 1.59. The lowest BCUT2D eigenvalue weighted by atomic mass is 9.77. The van der Waals surface area contributed by atoms with Gasteiger partial charge in [-0.2, -0.15) is 0 Å². The van der Waals surface area contributed by atoms with Gasteiger partial charge in [-0.25, -0.2) is 4.39 Å². The van der Waals surface area contributed by atoms with E-state index < -0.39 is 12.9 Å². The van der Waals surface area contributed by atoms with Crippen LogP contribution in [-0.4, -0.2) is 17.2 Å². The first-order valence-electron chi connectivity index (χ1n) is 3.34. The van der Waals surface area contributed by atoms with Crippen LogP contribution in [0.5, 0.6) is 0 Å². The summed E-state index contributed by atoms with van der Waals surface area (Å²) in [5.74, 6) is -0.406. The maximum absolute atomic E-state index is 12.8. The van der Waals surface area contributed by atoms with Crippen LogP contribution in [0.1, 0.15) is 5.56 Å². The number of aryl methyl sites for hydroxylation is 1. The van der Waals surface area contributed by atoms with Crippen molar-refractivity contribution in [3.8, 4) is 0 Å². The summed E-state index contributed by atoms with van der Waals surface area (Å²) < 4.78 is 13.0. The van der Waals surface area contributed by atoms with Gasteiger partial charge in [-0.15, -0.1) is 0 Å². The van der Waals surface area contributed by atoms with Crippen LogP contribution in [0, 0.1) is 12.7 Å². The summed E-state index contributed by atoms with van der Waals surface area (Å²) in [7, 11) is -1.55. The van der Waals surface area contributed by atoms with E-state index in [9.17, 15) is 4.39 Å². The highest BCUT2D eigenvalue weighted by molar-refractivity contribution is 9.10. The molecule has 0 fully saturated rings. The number of hydrogen-bond donors (Lipinski definition) is 2. The second kappa shape index (κ2) is 3.55. The number of halogens is 2. The maximum atomic E-state index is 12.8. The molecule has 12 heavy (non-hydrogen) atoms. The predicted molar refractivity (Wildman–Crippen MR) is 48.7 cm³/mol. The van der Waals surface area contributed by atoms with Crippen molar-refractivity contribution in [3.63, 3.8) is 0 Å². The molecule has 1 aromatic rings. The molecule has 0 atom stereocenters. The first kappa shape index (κ1) is 9.70. The minimum absolute atomic E-state index is 0.233. The van der Waals surface area contributed by atoms with Gasteiger partial charge in [-0.1, -0.05) is 0 Å². The first-order valence-corrected chi connectivity index (χ1v) is 4.13. The Hall–Kier alpha value is -0.385. The molecule has 0 saturated carbocycles. The molecular formula is C7H7BBrFO2. The monoisotopic (exact) mass is 232 g/mol. The minimum Gasteiger partial charge on any atom is -0.423 e. The molecule has 2 nitrogen and oxygen atoms in total. The van der Waals surface area contributed by atoms with E-state index in [1.165, 1.54) is 12.1 Å². The molecule has 0 aliphatic heterocycles. The van der Waals surface area contributed by atoms with Gasteiger partial charge in [0, 0.05) is 0 Å². The zero-order valence-electron chi connectivity index (χ0n) is 6.38. The van der Waals surface area contributed by atoms with E-state index in [0.29, 0.717) is 11.0 Å². The van der Waals surface area contributed by atoms with E-state index >= 15 is 0 Å². The predicted octanol–water partition coefficient (Wildman–Crippen LogP) is 0.576. The Balaban J connectivity index is 3.23. The molecule has 1 rings (SSSR count). The van der Waals surface area contributed by atoms with Gasteiger partial charge >= 0.3 is 7.12 Å². The third kappa shape index (κ3) is 1.85. The highest BCUT2D eigenvalue weighted by atomic mass is 79.9. The van der Waals surface area contributed by atoms with Gasteiger partial charge in [0.15, 0.2) is 0 Å². The van der Waals surface area contributed by atoms with Crippen molar-refractivity contribution in [2.75, 3.05) is 0 Å². The zero-order chi connectivity index (χ0) is 9.30. The number of hydrogen-bond acceptors (Lipinski definition) is 2. The van der Waals surface area contributed by atoms with E-state index in [2.05, 4.69) is 15.9 Å². The summed E-state index contributed by atoms with van der Waals surface area (Å²) in [5.41, 5.74) is 0.828. The smallest absolute Gasteiger partial charge is 0.423 e. The normalized spacial score (nSPS) is 10.1. The molecule has 1 aromatic carbocycles. The van der Waals surface area contributed by atoms with Crippen molar-refractivity contribution in [3.05, 3.63) is 28.0 Å². The summed E-state index contributed by atoms with van der Waals surface area (Å²) in [6, 6.07) is 2.61. The molecule has 0 aliphatic carbocycles. The fourth-order valence-electron chi connectivity index (χ4n) is 0.940. The average molecular weight is 233 g/mol. The Bertz CT molecular complexity index is 304. The SMILES string of the molecule is Cc1cc(F)c(Br)cc1B(O)O. The van der Waals surface area contributed by atoms with Crippen molar-refractivity contribution < 1.29 is 14.4 Å². The lowest BCUT2D eigenvalue weighted by molar-refractivity contribution is 0.425. The lowest BCUT2D eigenvalue weighted by Crippen LogP contribution is -2.32. The van der Waals surface area contributed by atoms with Crippen LogP contribution in [0.25, 0.3) is 0 Å². The van der Waals surface area contributed by atoms with E-state index in [4.69, 9.17) is 10.0 Å². The highest BCUT2D eigenvalue weighted by Crippen LogP contribution is 2.14. The van der Waals surface area contributed by atoms with Crippen molar-refractivity contribution in [1.82, 2.24) is 0 Å². The van der Waals surface area contributed by atoms with Gasteiger partial charge in [0.1, 0.15) is 5.82 Å². The third-order valence-corrected chi connectivity index (χ3v) is 2.19. The fraction of sp³-hybridized carbons (Fsp3) is 0.143. The Labute approximate surface area is 78.3 Å². The Morgan fingerprint density at radius 2 is 2.00 bits per heavy atom. The van der Waals surface area contributed by atoms with Crippen LogP contribution >= 0.6 is 15.9 Å². The van der Waals surface area contributed by atoms with Crippen LogP contribution in [0.3, 0.4) is 0 Å². The highest BCUT2D eigenvalue weighted by Gasteiger charge is 2.15. The molecule has 5 heteroatoms. The largest absolute Gasteiger partial charge is 0.488 e. The van der Waals surface area contributed by atoms with Crippen molar-refractivity contribution >= 4 is 28.5 Å². The number of rotatable bonds is 1. The molecule has 0 saturated heterocycles. The van der Waals surface area contributed by atoms with E-state index in [1.54, 1.807) is 6.92 Å². The second-order valence-electron chi connectivity index (χ2n) is 2.50. The Morgan fingerprint density at radius 1 is 1.42 bits per heavy atom. The lowest BCUT2D eigenvalue weighted by Gasteiger charge is -2.05. The first-order chi connectivity index (χ1) is 5.52. The van der Waals surface area contributed by atoms with Gasteiger partial charge in [0.05, 0.1) is 4.47 Å².